The zero-order valence-corrected chi connectivity index (χ0v) is 23.3. The first-order chi connectivity index (χ1) is 18.9. The number of hydrogen-bond donors (Lipinski definition) is 2. The number of carbonyl (C=O) groups is 2. The van der Waals surface area contributed by atoms with Gasteiger partial charge >= 0.3 is 12.0 Å². The van der Waals surface area contributed by atoms with Crippen LogP contribution in [0.2, 0.25) is 0 Å². The molecule has 2 heterocycles. The topological polar surface area (TPSA) is 102 Å². The Bertz CT molecular complexity index is 1210. The van der Waals surface area contributed by atoms with Gasteiger partial charge in [-0.3, -0.25) is 9.80 Å². The molecule has 0 saturated carbocycles. The summed E-state index contributed by atoms with van der Waals surface area (Å²) in [5.41, 5.74) is 3.98. The number of ether oxygens (including phenoxy) is 4. The molecule has 0 aliphatic carbocycles. The van der Waals surface area contributed by atoms with Crippen molar-refractivity contribution in [2.24, 2.45) is 0 Å². The fraction of sp³-hybridized carbons (Fsp3) is 0.448. The van der Waals surface area contributed by atoms with Gasteiger partial charge < -0.3 is 29.6 Å². The minimum atomic E-state index is -0.577. The number of piperazine rings is 1. The normalized spacial score (nSPS) is 18.3. The van der Waals surface area contributed by atoms with Gasteiger partial charge in [-0.25, -0.2) is 9.59 Å². The van der Waals surface area contributed by atoms with Gasteiger partial charge in [0.15, 0.2) is 11.5 Å². The monoisotopic (exact) mass is 538 g/mol. The van der Waals surface area contributed by atoms with Crippen molar-refractivity contribution in [3.8, 4) is 17.2 Å². The van der Waals surface area contributed by atoms with E-state index in [9.17, 15) is 9.59 Å². The molecule has 210 valence electrons. The first-order valence-electron chi connectivity index (χ1n) is 13.1. The maximum Gasteiger partial charge on any atom is 0.338 e. The van der Waals surface area contributed by atoms with Crippen molar-refractivity contribution in [3.05, 3.63) is 64.4 Å². The van der Waals surface area contributed by atoms with Crippen molar-refractivity contribution in [2.45, 2.75) is 26.4 Å². The van der Waals surface area contributed by atoms with E-state index in [-0.39, 0.29) is 12.6 Å². The molecule has 0 bridgehead atoms. The second-order valence-corrected chi connectivity index (χ2v) is 9.60. The lowest BCUT2D eigenvalue weighted by Crippen LogP contribution is -2.51. The third kappa shape index (κ3) is 6.46. The number of carbonyl (C=O) groups excluding carboxylic acids is 2. The molecule has 2 N–H and O–H groups in total. The predicted octanol–water partition coefficient (Wildman–Crippen LogP) is 3.01. The van der Waals surface area contributed by atoms with E-state index in [2.05, 4.69) is 20.4 Å². The Kier molecular flexibility index (Phi) is 9.32. The maximum atomic E-state index is 13.1. The highest BCUT2D eigenvalue weighted by Gasteiger charge is 2.34. The first kappa shape index (κ1) is 28.3. The largest absolute Gasteiger partial charge is 0.493 e. The van der Waals surface area contributed by atoms with Crippen molar-refractivity contribution in [1.29, 1.82) is 0 Å². The fourth-order valence-corrected chi connectivity index (χ4v) is 5.06. The Labute approximate surface area is 229 Å². The number of nitrogens with one attached hydrogen (secondary N) is 2. The van der Waals surface area contributed by atoms with Crippen LogP contribution in [-0.4, -0.2) is 82.5 Å². The number of amides is 2. The predicted molar refractivity (Wildman–Crippen MR) is 147 cm³/mol. The Hall–Kier alpha value is -3.76. The van der Waals surface area contributed by atoms with Crippen molar-refractivity contribution >= 4 is 12.0 Å². The van der Waals surface area contributed by atoms with E-state index in [4.69, 9.17) is 18.9 Å². The molecule has 0 unspecified atom stereocenters. The number of nitrogens with zero attached hydrogens (tertiary/aromatic N) is 2. The van der Waals surface area contributed by atoms with E-state index < -0.39 is 12.0 Å². The summed E-state index contributed by atoms with van der Waals surface area (Å²) in [5.74, 6) is 1.45. The van der Waals surface area contributed by atoms with Crippen LogP contribution < -0.4 is 24.8 Å². The Morgan fingerprint density at radius 2 is 1.54 bits per heavy atom. The van der Waals surface area contributed by atoms with Gasteiger partial charge in [0.1, 0.15) is 0 Å². The van der Waals surface area contributed by atoms with Crippen LogP contribution in [0.1, 0.15) is 29.7 Å². The summed E-state index contributed by atoms with van der Waals surface area (Å²) in [7, 11) is 4.84. The van der Waals surface area contributed by atoms with Gasteiger partial charge in [0.05, 0.1) is 39.6 Å². The van der Waals surface area contributed by atoms with E-state index >= 15 is 0 Å². The summed E-state index contributed by atoms with van der Waals surface area (Å²) in [5, 5.41) is 5.79. The van der Waals surface area contributed by atoms with E-state index in [0.717, 1.165) is 42.9 Å². The SMILES string of the molecule is CCOC(=O)C1=C(CN2CCN(Cc3ccc(OC)c(OC)c3OC)CC2)NC(=O)N[C@@H]1c1ccc(C)cc1. The molecule has 2 amide bonds. The standard InChI is InChI=1S/C29H38N4O6/c1-6-39-28(34)24-22(30-29(35)31-25(24)20-9-7-19(2)8-10-20)18-33-15-13-32(14-16-33)17-21-11-12-23(36-3)27(38-5)26(21)37-4/h7-12,25H,6,13-18H2,1-5H3,(H2,30,31,35)/t25-/m1/s1. The highest BCUT2D eigenvalue weighted by atomic mass is 16.5. The van der Waals surface area contributed by atoms with Gasteiger partial charge in [-0.15, -0.1) is 0 Å². The third-order valence-electron chi connectivity index (χ3n) is 7.09. The molecule has 0 radical (unpaired) electrons. The fourth-order valence-electron chi connectivity index (χ4n) is 5.06. The molecule has 10 heteroatoms. The summed E-state index contributed by atoms with van der Waals surface area (Å²) >= 11 is 0. The van der Waals surface area contributed by atoms with Crippen molar-refractivity contribution in [2.75, 3.05) is 60.7 Å². The van der Waals surface area contributed by atoms with Crippen LogP contribution >= 0.6 is 0 Å². The number of esters is 1. The van der Waals surface area contributed by atoms with Crippen LogP contribution in [0.25, 0.3) is 0 Å². The molecule has 4 rings (SSSR count). The summed E-state index contributed by atoms with van der Waals surface area (Å²) in [4.78, 5) is 30.3. The maximum absolute atomic E-state index is 13.1. The minimum Gasteiger partial charge on any atom is -0.493 e. The summed E-state index contributed by atoms with van der Waals surface area (Å²) in [6.07, 6.45) is 0. The Morgan fingerprint density at radius 3 is 2.13 bits per heavy atom. The van der Waals surface area contributed by atoms with E-state index in [1.165, 1.54) is 0 Å². The minimum absolute atomic E-state index is 0.252. The van der Waals surface area contributed by atoms with Crippen molar-refractivity contribution in [1.82, 2.24) is 20.4 Å². The second-order valence-electron chi connectivity index (χ2n) is 9.60. The van der Waals surface area contributed by atoms with Gasteiger partial charge in [0, 0.05) is 50.5 Å². The molecule has 1 atom stereocenters. The van der Waals surface area contributed by atoms with Crippen molar-refractivity contribution < 1.29 is 28.5 Å². The average molecular weight is 539 g/mol. The third-order valence-corrected chi connectivity index (χ3v) is 7.09. The molecule has 2 aromatic rings. The molecule has 0 spiro atoms. The summed E-state index contributed by atoms with van der Waals surface area (Å²) in [6.45, 7) is 8.34. The van der Waals surface area contributed by atoms with Crippen molar-refractivity contribution in [3.63, 3.8) is 0 Å². The molecule has 2 aliphatic heterocycles. The zero-order valence-electron chi connectivity index (χ0n) is 23.3. The highest BCUT2D eigenvalue weighted by molar-refractivity contribution is 5.95. The molecular weight excluding hydrogens is 500 g/mol. The number of methoxy groups -OCH3 is 3. The second kappa shape index (κ2) is 12.9. The molecule has 2 aromatic carbocycles. The lowest BCUT2D eigenvalue weighted by atomic mass is 9.94. The lowest BCUT2D eigenvalue weighted by Gasteiger charge is -2.37. The van der Waals surface area contributed by atoms with Gasteiger partial charge in [0.2, 0.25) is 5.75 Å². The summed E-state index contributed by atoms with van der Waals surface area (Å²) < 4.78 is 22.0. The number of rotatable bonds is 10. The van der Waals surface area contributed by atoms with Gasteiger partial charge in [-0.05, 0) is 25.5 Å². The molecule has 39 heavy (non-hydrogen) atoms. The molecular formula is C29H38N4O6. The molecule has 2 aliphatic rings. The van der Waals surface area contributed by atoms with Crippen LogP contribution in [0.3, 0.4) is 0 Å². The van der Waals surface area contributed by atoms with Crippen LogP contribution in [0.15, 0.2) is 47.7 Å². The molecule has 1 saturated heterocycles. The Balaban J connectivity index is 1.49. The van der Waals surface area contributed by atoms with Crippen LogP contribution in [0.4, 0.5) is 4.79 Å². The van der Waals surface area contributed by atoms with Gasteiger partial charge in [0.25, 0.3) is 0 Å². The van der Waals surface area contributed by atoms with E-state index in [1.54, 1.807) is 28.3 Å². The van der Waals surface area contributed by atoms with Crippen LogP contribution in [0.5, 0.6) is 17.2 Å². The van der Waals surface area contributed by atoms with Crippen LogP contribution in [-0.2, 0) is 16.1 Å². The van der Waals surface area contributed by atoms with Crippen LogP contribution in [0, 0.1) is 6.92 Å². The van der Waals surface area contributed by atoms with E-state index in [0.29, 0.717) is 41.6 Å². The average Bonchev–Trinajstić information content (AvgIpc) is 2.93. The lowest BCUT2D eigenvalue weighted by molar-refractivity contribution is -0.139. The molecule has 1 fully saturated rings. The number of aryl methyl sites for hydroxylation is 1. The van der Waals surface area contributed by atoms with Gasteiger partial charge in [-0.2, -0.15) is 0 Å². The smallest absolute Gasteiger partial charge is 0.338 e. The highest BCUT2D eigenvalue weighted by Crippen LogP contribution is 2.40. The quantitative estimate of drug-likeness (QED) is 0.446. The molecule has 10 nitrogen and oxygen atoms in total. The Morgan fingerprint density at radius 1 is 0.897 bits per heavy atom. The zero-order chi connectivity index (χ0) is 27.9. The summed E-state index contributed by atoms with van der Waals surface area (Å²) in [6, 6.07) is 10.8. The van der Waals surface area contributed by atoms with Gasteiger partial charge in [-0.1, -0.05) is 35.9 Å². The molecule has 0 aromatic heterocycles. The first-order valence-corrected chi connectivity index (χ1v) is 13.1. The van der Waals surface area contributed by atoms with E-state index in [1.807, 2.05) is 43.3 Å². The number of benzene rings is 2. The number of hydrogen-bond acceptors (Lipinski definition) is 8. The number of urea groups is 1.